The average molecular weight is 213 g/mol. The number of nitrogens with zero attached hydrogens (tertiary/aromatic N) is 2. The Labute approximate surface area is 88.6 Å². The number of pyridine rings is 1. The summed E-state index contributed by atoms with van der Waals surface area (Å²) < 4.78 is 5.33. The first-order valence-corrected chi connectivity index (χ1v) is 5.07. The Morgan fingerprint density at radius 2 is 2.43 bits per heavy atom. The van der Waals surface area contributed by atoms with E-state index in [1.54, 1.807) is 6.20 Å². The van der Waals surface area contributed by atoms with Gasteiger partial charge in [-0.25, -0.2) is 4.98 Å². The van der Waals surface area contributed by atoms with Crippen molar-refractivity contribution in [3.8, 4) is 0 Å². The summed E-state index contributed by atoms with van der Waals surface area (Å²) in [5.74, 6) is 0.949. The largest absolute Gasteiger partial charge is 0.379 e. The van der Waals surface area contributed by atoms with Crippen LogP contribution in [0.25, 0.3) is 0 Å². The predicted molar refractivity (Wildman–Crippen MR) is 56.9 cm³/mol. The van der Waals surface area contributed by atoms with E-state index in [0.29, 0.717) is 11.1 Å². The third kappa shape index (κ3) is 1.99. The number of hydrogen-bond acceptors (Lipinski definition) is 3. The number of halogens is 1. The van der Waals surface area contributed by atoms with Crippen molar-refractivity contribution in [2.24, 2.45) is 0 Å². The second-order valence-corrected chi connectivity index (χ2v) is 3.90. The van der Waals surface area contributed by atoms with Gasteiger partial charge in [0.15, 0.2) is 0 Å². The van der Waals surface area contributed by atoms with Gasteiger partial charge in [-0.1, -0.05) is 11.6 Å². The van der Waals surface area contributed by atoms with E-state index in [4.69, 9.17) is 16.3 Å². The van der Waals surface area contributed by atoms with Crippen LogP contribution in [0, 0.1) is 0 Å². The van der Waals surface area contributed by atoms with E-state index in [-0.39, 0.29) is 0 Å². The van der Waals surface area contributed by atoms with E-state index in [0.717, 1.165) is 25.5 Å². The van der Waals surface area contributed by atoms with Crippen molar-refractivity contribution in [2.45, 2.75) is 12.5 Å². The van der Waals surface area contributed by atoms with Gasteiger partial charge in [-0.2, -0.15) is 0 Å². The van der Waals surface area contributed by atoms with Crippen LogP contribution in [0.1, 0.15) is 6.42 Å². The predicted octanol–water partition coefficient (Wildman–Crippen LogP) is 1.96. The highest BCUT2D eigenvalue weighted by Gasteiger charge is 2.20. The van der Waals surface area contributed by atoms with Crippen LogP contribution in [0.15, 0.2) is 18.3 Å². The third-order valence-corrected chi connectivity index (χ3v) is 2.75. The highest BCUT2D eigenvalue weighted by molar-refractivity contribution is 6.30. The molecule has 76 valence electrons. The number of ether oxygens (including phenoxy) is 1. The highest BCUT2D eigenvalue weighted by Crippen LogP contribution is 2.19. The van der Waals surface area contributed by atoms with E-state index in [2.05, 4.69) is 9.88 Å². The number of anilines is 1. The van der Waals surface area contributed by atoms with Gasteiger partial charge in [0.2, 0.25) is 0 Å². The molecule has 0 radical (unpaired) electrons. The number of aromatic nitrogens is 1. The zero-order valence-electron chi connectivity index (χ0n) is 8.11. The molecule has 1 fully saturated rings. The second-order valence-electron chi connectivity index (χ2n) is 3.46. The van der Waals surface area contributed by atoms with Crippen molar-refractivity contribution >= 4 is 17.4 Å². The van der Waals surface area contributed by atoms with E-state index in [1.165, 1.54) is 0 Å². The van der Waals surface area contributed by atoms with Crippen LogP contribution >= 0.6 is 11.6 Å². The van der Waals surface area contributed by atoms with Gasteiger partial charge < -0.3 is 9.64 Å². The highest BCUT2D eigenvalue weighted by atomic mass is 35.5. The summed E-state index contributed by atoms with van der Waals surface area (Å²) in [5, 5.41) is 0.671. The fourth-order valence-corrected chi connectivity index (χ4v) is 1.70. The minimum atomic E-state index is 0.448. The SMILES string of the molecule is CN(c1ccc(Cl)cn1)C1CCOC1. The maximum absolute atomic E-state index is 5.77. The van der Waals surface area contributed by atoms with Crippen LogP contribution in [-0.2, 0) is 4.74 Å². The van der Waals surface area contributed by atoms with Crippen molar-refractivity contribution in [1.29, 1.82) is 0 Å². The van der Waals surface area contributed by atoms with Crippen molar-refractivity contribution < 1.29 is 4.74 Å². The Balaban J connectivity index is 2.09. The molecule has 4 heteroatoms. The fraction of sp³-hybridized carbons (Fsp3) is 0.500. The molecule has 1 aromatic rings. The average Bonchev–Trinajstić information content (AvgIpc) is 2.71. The van der Waals surface area contributed by atoms with Gasteiger partial charge >= 0.3 is 0 Å². The molecule has 0 bridgehead atoms. The minimum absolute atomic E-state index is 0.448. The van der Waals surface area contributed by atoms with Gasteiger partial charge in [-0.15, -0.1) is 0 Å². The zero-order valence-corrected chi connectivity index (χ0v) is 8.87. The smallest absolute Gasteiger partial charge is 0.128 e. The van der Waals surface area contributed by atoms with E-state index >= 15 is 0 Å². The summed E-state index contributed by atoms with van der Waals surface area (Å²) in [6.45, 7) is 1.64. The van der Waals surface area contributed by atoms with Crippen molar-refractivity contribution in [3.05, 3.63) is 23.4 Å². The van der Waals surface area contributed by atoms with Gasteiger partial charge in [0.1, 0.15) is 5.82 Å². The first kappa shape index (κ1) is 9.74. The van der Waals surface area contributed by atoms with E-state index in [9.17, 15) is 0 Å². The summed E-state index contributed by atoms with van der Waals surface area (Å²) in [6.07, 6.45) is 2.74. The minimum Gasteiger partial charge on any atom is -0.379 e. The topological polar surface area (TPSA) is 25.4 Å². The quantitative estimate of drug-likeness (QED) is 0.750. The van der Waals surface area contributed by atoms with E-state index in [1.807, 2.05) is 19.2 Å². The molecule has 1 atom stereocenters. The van der Waals surface area contributed by atoms with Gasteiger partial charge in [-0.05, 0) is 18.6 Å². The molecule has 0 N–H and O–H groups in total. The summed E-state index contributed by atoms with van der Waals surface area (Å²) in [7, 11) is 2.04. The Morgan fingerprint density at radius 1 is 1.57 bits per heavy atom. The molecule has 0 aliphatic carbocycles. The number of likely N-dealkylation sites (N-methyl/N-ethyl adjacent to an activating group) is 1. The summed E-state index contributed by atoms with van der Waals surface area (Å²) >= 11 is 5.77. The fourth-order valence-electron chi connectivity index (χ4n) is 1.59. The van der Waals surface area contributed by atoms with Crippen LogP contribution in [-0.4, -0.2) is 31.3 Å². The standard InChI is InChI=1S/C10H13ClN2O/c1-13(9-4-5-14-7-9)10-3-2-8(11)6-12-10/h2-3,6,9H,4-5,7H2,1H3. The van der Waals surface area contributed by atoms with Crippen molar-refractivity contribution in [2.75, 3.05) is 25.2 Å². The lowest BCUT2D eigenvalue weighted by Crippen LogP contribution is -2.32. The zero-order chi connectivity index (χ0) is 9.97. The molecule has 2 heterocycles. The Hall–Kier alpha value is -0.800. The lowest BCUT2D eigenvalue weighted by molar-refractivity contribution is 0.193. The summed E-state index contributed by atoms with van der Waals surface area (Å²) in [6, 6.07) is 4.24. The van der Waals surface area contributed by atoms with Gasteiger partial charge in [0, 0.05) is 19.9 Å². The Morgan fingerprint density at radius 3 is 3.00 bits per heavy atom. The molecule has 1 unspecified atom stereocenters. The van der Waals surface area contributed by atoms with Gasteiger partial charge in [-0.3, -0.25) is 0 Å². The second kappa shape index (κ2) is 4.15. The maximum atomic E-state index is 5.77. The van der Waals surface area contributed by atoms with Crippen LogP contribution in [0.2, 0.25) is 5.02 Å². The molecule has 0 amide bonds. The number of rotatable bonds is 2. The molecule has 1 aliphatic rings. The van der Waals surface area contributed by atoms with E-state index < -0.39 is 0 Å². The van der Waals surface area contributed by atoms with Crippen LogP contribution < -0.4 is 4.90 Å². The molecular weight excluding hydrogens is 200 g/mol. The molecule has 1 aliphatic heterocycles. The summed E-state index contributed by atoms with van der Waals surface area (Å²) in [4.78, 5) is 6.40. The molecule has 0 spiro atoms. The Bertz CT molecular complexity index is 295. The number of hydrogen-bond donors (Lipinski definition) is 0. The Kier molecular flexibility index (Phi) is 2.89. The molecular formula is C10H13ClN2O. The molecule has 2 rings (SSSR count). The first-order valence-electron chi connectivity index (χ1n) is 4.69. The molecule has 0 aromatic carbocycles. The molecule has 3 nitrogen and oxygen atoms in total. The molecule has 1 aromatic heterocycles. The normalized spacial score (nSPS) is 21.1. The van der Waals surface area contributed by atoms with Gasteiger partial charge in [0.25, 0.3) is 0 Å². The maximum Gasteiger partial charge on any atom is 0.128 e. The van der Waals surface area contributed by atoms with Gasteiger partial charge in [0.05, 0.1) is 17.7 Å². The van der Waals surface area contributed by atoms with Crippen molar-refractivity contribution in [3.63, 3.8) is 0 Å². The molecule has 14 heavy (non-hydrogen) atoms. The lowest BCUT2D eigenvalue weighted by atomic mass is 10.2. The van der Waals surface area contributed by atoms with Crippen LogP contribution in [0.3, 0.4) is 0 Å². The van der Waals surface area contributed by atoms with Crippen LogP contribution in [0.5, 0.6) is 0 Å². The summed E-state index contributed by atoms with van der Waals surface area (Å²) in [5.41, 5.74) is 0. The molecule has 0 saturated carbocycles. The monoisotopic (exact) mass is 212 g/mol. The van der Waals surface area contributed by atoms with Crippen LogP contribution in [0.4, 0.5) is 5.82 Å². The van der Waals surface area contributed by atoms with Crippen molar-refractivity contribution in [1.82, 2.24) is 4.98 Å². The first-order chi connectivity index (χ1) is 6.77. The lowest BCUT2D eigenvalue weighted by Gasteiger charge is -2.23. The third-order valence-electron chi connectivity index (χ3n) is 2.53. The molecule has 1 saturated heterocycles.